The number of hydrogen-bond acceptors (Lipinski definition) is 4. The number of pyridine rings is 1. The van der Waals surface area contributed by atoms with Gasteiger partial charge in [0.1, 0.15) is 4.90 Å². The van der Waals surface area contributed by atoms with Crippen LogP contribution in [0.15, 0.2) is 41.4 Å². The smallest absolute Gasteiger partial charge is 0.242 e. The van der Waals surface area contributed by atoms with E-state index < -0.39 is 10.0 Å². The van der Waals surface area contributed by atoms with E-state index in [9.17, 15) is 8.42 Å². The van der Waals surface area contributed by atoms with E-state index in [0.717, 1.165) is 12.0 Å². The van der Waals surface area contributed by atoms with Crippen LogP contribution in [-0.4, -0.2) is 13.4 Å². The zero-order chi connectivity index (χ0) is 15.5. The number of nitrogen functional groups attached to an aromatic ring is 1. The van der Waals surface area contributed by atoms with Crippen LogP contribution in [0.3, 0.4) is 0 Å². The maximum Gasteiger partial charge on any atom is 0.242 e. The Morgan fingerprint density at radius 3 is 2.81 bits per heavy atom. The molecular weight excluding hydrogens is 310 g/mol. The highest BCUT2D eigenvalue weighted by Gasteiger charge is 2.18. The molecule has 0 unspecified atom stereocenters. The molecule has 0 fully saturated rings. The van der Waals surface area contributed by atoms with Gasteiger partial charge in [-0.3, -0.25) is 4.98 Å². The molecule has 0 amide bonds. The van der Waals surface area contributed by atoms with Crippen LogP contribution in [0.5, 0.6) is 0 Å². The summed E-state index contributed by atoms with van der Waals surface area (Å²) in [6, 6.07) is 8.10. The van der Waals surface area contributed by atoms with Gasteiger partial charge >= 0.3 is 0 Å². The lowest BCUT2D eigenvalue weighted by atomic mass is 10.1. The third kappa shape index (κ3) is 3.72. The molecule has 0 bridgehead atoms. The summed E-state index contributed by atoms with van der Waals surface area (Å²) in [4.78, 5) is 4.17. The van der Waals surface area contributed by atoms with Gasteiger partial charge in [0.2, 0.25) is 10.0 Å². The number of benzene rings is 1. The maximum atomic E-state index is 12.3. The van der Waals surface area contributed by atoms with Gasteiger partial charge in [-0.2, -0.15) is 0 Å². The second kappa shape index (κ2) is 6.43. The molecular formula is C14H16ClN3O2S. The van der Waals surface area contributed by atoms with Gasteiger partial charge in [0.15, 0.2) is 0 Å². The first-order valence-electron chi connectivity index (χ1n) is 6.41. The molecule has 2 aromatic rings. The number of sulfonamides is 1. The van der Waals surface area contributed by atoms with E-state index in [1.165, 1.54) is 12.1 Å². The molecule has 0 atom stereocenters. The fraction of sp³-hybridized carbons (Fsp3) is 0.214. The molecule has 0 spiro atoms. The molecule has 0 aliphatic rings. The molecule has 21 heavy (non-hydrogen) atoms. The summed E-state index contributed by atoms with van der Waals surface area (Å²) in [5.41, 5.74) is 7.65. The lowest BCUT2D eigenvalue weighted by Crippen LogP contribution is -2.24. The van der Waals surface area contributed by atoms with Crippen molar-refractivity contribution in [2.45, 2.75) is 24.8 Å². The molecule has 0 aliphatic carbocycles. The van der Waals surface area contributed by atoms with Gasteiger partial charge in [-0.1, -0.05) is 24.6 Å². The van der Waals surface area contributed by atoms with Crippen LogP contribution in [0, 0.1) is 0 Å². The van der Waals surface area contributed by atoms with Crippen molar-refractivity contribution in [3.63, 3.8) is 0 Å². The molecule has 1 heterocycles. The summed E-state index contributed by atoms with van der Waals surface area (Å²) in [6.07, 6.45) is 2.42. The first-order chi connectivity index (χ1) is 9.94. The Bertz CT molecular complexity index is 748. The molecule has 0 radical (unpaired) electrons. The predicted molar refractivity (Wildman–Crippen MR) is 83.5 cm³/mol. The first kappa shape index (κ1) is 15.8. The molecule has 2 rings (SSSR count). The monoisotopic (exact) mass is 325 g/mol. The number of nitrogens with zero attached hydrogens (tertiary/aromatic N) is 1. The molecule has 5 nitrogen and oxygen atoms in total. The van der Waals surface area contributed by atoms with Crippen molar-refractivity contribution in [3.05, 3.63) is 52.8 Å². The van der Waals surface area contributed by atoms with Crippen molar-refractivity contribution in [3.8, 4) is 0 Å². The second-order valence-electron chi connectivity index (χ2n) is 4.48. The highest BCUT2D eigenvalue weighted by molar-refractivity contribution is 7.89. The summed E-state index contributed by atoms with van der Waals surface area (Å²) < 4.78 is 27.1. The standard InChI is InChI=1S/C14H16ClN3O2S/c1-2-10-4-3-7-17-13(10)9-18-21(19,20)14-8-11(16)5-6-12(14)15/h3-8,18H,2,9,16H2,1H3. The fourth-order valence-electron chi connectivity index (χ4n) is 1.92. The van der Waals surface area contributed by atoms with Crippen molar-refractivity contribution in [1.82, 2.24) is 9.71 Å². The van der Waals surface area contributed by atoms with E-state index >= 15 is 0 Å². The minimum atomic E-state index is -3.74. The van der Waals surface area contributed by atoms with Gasteiger partial charge in [0.05, 0.1) is 17.3 Å². The van der Waals surface area contributed by atoms with Crippen LogP contribution in [0.4, 0.5) is 5.69 Å². The number of halogens is 1. The van der Waals surface area contributed by atoms with E-state index in [1.807, 2.05) is 19.1 Å². The number of nitrogens with one attached hydrogen (secondary N) is 1. The zero-order valence-electron chi connectivity index (χ0n) is 11.5. The predicted octanol–water partition coefficient (Wildman–Crippen LogP) is 2.36. The highest BCUT2D eigenvalue weighted by Crippen LogP contribution is 2.23. The van der Waals surface area contributed by atoms with Crippen molar-refractivity contribution in [2.24, 2.45) is 0 Å². The quantitative estimate of drug-likeness (QED) is 0.826. The Morgan fingerprint density at radius 2 is 2.10 bits per heavy atom. The van der Waals surface area contributed by atoms with Gasteiger partial charge in [-0.15, -0.1) is 0 Å². The van der Waals surface area contributed by atoms with Crippen LogP contribution >= 0.6 is 11.6 Å². The Labute approximate surface area is 129 Å². The summed E-state index contributed by atoms with van der Waals surface area (Å²) in [5.74, 6) is 0. The third-order valence-corrected chi connectivity index (χ3v) is 4.92. The molecule has 0 saturated heterocycles. The summed E-state index contributed by atoms with van der Waals surface area (Å²) >= 11 is 5.93. The lowest BCUT2D eigenvalue weighted by Gasteiger charge is -2.10. The normalized spacial score (nSPS) is 11.5. The van der Waals surface area contributed by atoms with E-state index in [1.54, 1.807) is 12.3 Å². The van der Waals surface area contributed by atoms with E-state index in [4.69, 9.17) is 17.3 Å². The number of hydrogen-bond donors (Lipinski definition) is 2. The summed E-state index contributed by atoms with van der Waals surface area (Å²) in [7, 11) is -3.74. The Kier molecular flexibility index (Phi) is 4.82. The minimum Gasteiger partial charge on any atom is -0.399 e. The van der Waals surface area contributed by atoms with Gasteiger partial charge in [0, 0.05) is 11.9 Å². The van der Waals surface area contributed by atoms with Gasteiger partial charge in [0.25, 0.3) is 0 Å². The van der Waals surface area contributed by atoms with E-state index in [-0.39, 0.29) is 16.5 Å². The molecule has 3 N–H and O–H groups in total. The van der Waals surface area contributed by atoms with Crippen LogP contribution in [0.2, 0.25) is 5.02 Å². The minimum absolute atomic E-state index is 0.0295. The molecule has 0 saturated carbocycles. The first-order valence-corrected chi connectivity index (χ1v) is 8.27. The van der Waals surface area contributed by atoms with Crippen LogP contribution in [-0.2, 0) is 23.0 Å². The molecule has 112 valence electrons. The summed E-state index contributed by atoms with van der Waals surface area (Å²) in [5, 5.41) is 0.133. The van der Waals surface area contributed by atoms with E-state index in [2.05, 4.69) is 9.71 Å². The van der Waals surface area contributed by atoms with Crippen molar-refractivity contribution < 1.29 is 8.42 Å². The molecule has 1 aromatic carbocycles. The third-order valence-electron chi connectivity index (χ3n) is 3.04. The van der Waals surface area contributed by atoms with Gasteiger partial charge in [-0.25, -0.2) is 13.1 Å². The highest BCUT2D eigenvalue weighted by atomic mass is 35.5. The zero-order valence-corrected chi connectivity index (χ0v) is 13.1. The van der Waals surface area contributed by atoms with Gasteiger partial charge in [-0.05, 0) is 36.2 Å². The van der Waals surface area contributed by atoms with Gasteiger partial charge < -0.3 is 5.73 Å². The largest absolute Gasteiger partial charge is 0.399 e. The number of nitrogens with two attached hydrogens (primary N) is 1. The number of aromatic nitrogens is 1. The second-order valence-corrected chi connectivity index (χ2v) is 6.62. The molecule has 7 heteroatoms. The number of anilines is 1. The van der Waals surface area contributed by atoms with Crippen LogP contribution in [0.25, 0.3) is 0 Å². The number of aryl methyl sites for hydroxylation is 1. The Morgan fingerprint density at radius 1 is 1.33 bits per heavy atom. The number of rotatable bonds is 5. The average molecular weight is 326 g/mol. The lowest BCUT2D eigenvalue weighted by molar-refractivity contribution is 0.580. The Hall–Kier alpha value is -1.63. The topological polar surface area (TPSA) is 85.1 Å². The van der Waals surface area contributed by atoms with E-state index in [0.29, 0.717) is 11.4 Å². The van der Waals surface area contributed by atoms with Crippen LogP contribution < -0.4 is 10.5 Å². The van der Waals surface area contributed by atoms with Crippen molar-refractivity contribution >= 4 is 27.3 Å². The van der Waals surface area contributed by atoms with Crippen molar-refractivity contribution in [1.29, 1.82) is 0 Å². The fourth-order valence-corrected chi connectivity index (χ4v) is 3.44. The maximum absolute atomic E-state index is 12.3. The molecule has 1 aromatic heterocycles. The van der Waals surface area contributed by atoms with Crippen molar-refractivity contribution in [2.75, 3.05) is 5.73 Å². The average Bonchev–Trinajstić information content (AvgIpc) is 2.48. The van der Waals surface area contributed by atoms with Crippen LogP contribution in [0.1, 0.15) is 18.2 Å². The molecule has 0 aliphatic heterocycles. The summed E-state index contributed by atoms with van der Waals surface area (Å²) in [6.45, 7) is 2.10. The SMILES string of the molecule is CCc1cccnc1CNS(=O)(=O)c1cc(N)ccc1Cl. The Balaban J connectivity index is 2.24.